The molecule has 148 valence electrons. The molecule has 2 N–H and O–H groups in total. The van der Waals surface area contributed by atoms with Gasteiger partial charge >= 0.3 is 0 Å². The Hall–Kier alpha value is -3.55. The third kappa shape index (κ3) is 5.47. The second-order valence-electron chi connectivity index (χ2n) is 5.77. The standard InChI is InChI=1S/C20H23N3O5/c1-13-9-16(26-2)7-5-15(13)11-22-23-19(24)12-21-20(25)14-6-8-17(27-3)18(10-14)28-4/h5-11H,12H2,1-4H3,(H,21,25)(H,23,24). The Morgan fingerprint density at radius 2 is 1.75 bits per heavy atom. The lowest BCUT2D eigenvalue weighted by molar-refractivity contribution is -0.120. The predicted octanol–water partition coefficient (Wildman–Crippen LogP) is 1.90. The van der Waals surface area contributed by atoms with Crippen molar-refractivity contribution in [3.05, 3.63) is 53.1 Å². The second kappa shape index (κ2) is 9.96. The van der Waals surface area contributed by atoms with Crippen LogP contribution in [0.4, 0.5) is 0 Å². The number of carbonyl (C=O) groups is 2. The molecule has 2 amide bonds. The highest BCUT2D eigenvalue weighted by Gasteiger charge is 2.11. The van der Waals surface area contributed by atoms with E-state index in [4.69, 9.17) is 14.2 Å². The summed E-state index contributed by atoms with van der Waals surface area (Å²) in [5.74, 6) is 0.831. The van der Waals surface area contributed by atoms with E-state index in [9.17, 15) is 9.59 Å². The van der Waals surface area contributed by atoms with Gasteiger partial charge in [-0.3, -0.25) is 9.59 Å². The molecule has 8 nitrogen and oxygen atoms in total. The summed E-state index contributed by atoms with van der Waals surface area (Å²) in [7, 11) is 4.59. The fourth-order valence-electron chi connectivity index (χ4n) is 2.37. The van der Waals surface area contributed by atoms with E-state index in [1.165, 1.54) is 26.5 Å². The quantitative estimate of drug-likeness (QED) is 0.534. The van der Waals surface area contributed by atoms with Crippen molar-refractivity contribution in [2.24, 2.45) is 5.10 Å². The number of nitrogens with zero attached hydrogens (tertiary/aromatic N) is 1. The maximum Gasteiger partial charge on any atom is 0.259 e. The van der Waals surface area contributed by atoms with Crippen molar-refractivity contribution in [2.45, 2.75) is 6.92 Å². The first-order valence-electron chi connectivity index (χ1n) is 8.45. The number of hydrazone groups is 1. The molecule has 8 heteroatoms. The summed E-state index contributed by atoms with van der Waals surface area (Å²) in [6, 6.07) is 10.2. The topological polar surface area (TPSA) is 98.2 Å². The zero-order valence-electron chi connectivity index (χ0n) is 16.2. The highest BCUT2D eigenvalue weighted by molar-refractivity contribution is 5.97. The van der Waals surface area contributed by atoms with Crippen molar-refractivity contribution < 1.29 is 23.8 Å². The minimum absolute atomic E-state index is 0.216. The minimum Gasteiger partial charge on any atom is -0.497 e. The number of hydrogen-bond donors (Lipinski definition) is 2. The van der Waals surface area contributed by atoms with Gasteiger partial charge in [0, 0.05) is 5.56 Å². The number of carbonyl (C=O) groups excluding carboxylic acids is 2. The highest BCUT2D eigenvalue weighted by Crippen LogP contribution is 2.27. The molecule has 0 saturated carbocycles. The van der Waals surface area contributed by atoms with Crippen molar-refractivity contribution in [1.29, 1.82) is 0 Å². The van der Waals surface area contributed by atoms with E-state index in [2.05, 4.69) is 15.8 Å². The van der Waals surface area contributed by atoms with Gasteiger partial charge in [-0.15, -0.1) is 0 Å². The Labute approximate surface area is 163 Å². The number of ether oxygens (including phenoxy) is 3. The molecule has 0 radical (unpaired) electrons. The van der Waals surface area contributed by atoms with Crippen LogP contribution >= 0.6 is 0 Å². The number of methoxy groups -OCH3 is 3. The van der Waals surface area contributed by atoms with Gasteiger partial charge < -0.3 is 19.5 Å². The molecule has 0 fully saturated rings. The summed E-state index contributed by atoms with van der Waals surface area (Å²) in [6.07, 6.45) is 1.53. The lowest BCUT2D eigenvalue weighted by atomic mass is 10.1. The number of aryl methyl sites for hydroxylation is 1. The van der Waals surface area contributed by atoms with Crippen LogP contribution in [0.3, 0.4) is 0 Å². The van der Waals surface area contributed by atoms with Crippen molar-refractivity contribution >= 4 is 18.0 Å². The Morgan fingerprint density at radius 1 is 1.00 bits per heavy atom. The molecule has 0 aliphatic rings. The summed E-state index contributed by atoms with van der Waals surface area (Å²) < 4.78 is 15.4. The molecule has 0 unspecified atom stereocenters. The SMILES string of the molecule is COc1ccc(C=NNC(=O)CNC(=O)c2ccc(OC)c(OC)c2)c(C)c1. The molecular weight excluding hydrogens is 362 g/mol. The van der Waals surface area contributed by atoms with E-state index < -0.39 is 11.8 Å². The monoisotopic (exact) mass is 385 g/mol. The van der Waals surface area contributed by atoms with Crippen LogP contribution in [-0.4, -0.2) is 45.9 Å². The normalized spacial score (nSPS) is 10.4. The summed E-state index contributed by atoms with van der Waals surface area (Å²) in [5.41, 5.74) is 4.52. The van der Waals surface area contributed by atoms with E-state index >= 15 is 0 Å². The minimum atomic E-state index is -0.448. The molecule has 0 spiro atoms. The van der Waals surface area contributed by atoms with Gasteiger partial charge in [0.25, 0.3) is 11.8 Å². The molecule has 2 aromatic carbocycles. The molecule has 0 aliphatic heterocycles. The van der Waals surface area contributed by atoms with Crippen LogP contribution in [0.1, 0.15) is 21.5 Å². The largest absolute Gasteiger partial charge is 0.497 e. The van der Waals surface area contributed by atoms with E-state index in [1.54, 1.807) is 25.3 Å². The Bertz CT molecular complexity index is 880. The smallest absolute Gasteiger partial charge is 0.259 e. The molecule has 28 heavy (non-hydrogen) atoms. The van der Waals surface area contributed by atoms with Crippen molar-refractivity contribution in [1.82, 2.24) is 10.7 Å². The molecule has 2 aromatic rings. The average molecular weight is 385 g/mol. The first-order valence-corrected chi connectivity index (χ1v) is 8.45. The van der Waals surface area contributed by atoms with Crippen LogP contribution in [-0.2, 0) is 4.79 Å². The number of amides is 2. The summed E-state index contributed by atoms with van der Waals surface area (Å²) in [6.45, 7) is 1.70. The molecule has 0 heterocycles. The second-order valence-corrected chi connectivity index (χ2v) is 5.77. The number of rotatable bonds is 8. The molecule has 0 saturated heterocycles. The van der Waals surface area contributed by atoms with E-state index in [-0.39, 0.29) is 6.54 Å². The first kappa shape index (κ1) is 20.8. The van der Waals surface area contributed by atoms with Gasteiger partial charge in [-0.1, -0.05) is 0 Å². The zero-order chi connectivity index (χ0) is 20.5. The van der Waals surface area contributed by atoms with Crippen molar-refractivity contribution in [3.8, 4) is 17.2 Å². The van der Waals surface area contributed by atoms with Gasteiger partial charge in [-0.25, -0.2) is 5.43 Å². The summed E-state index contributed by atoms with van der Waals surface area (Å²) in [4.78, 5) is 24.1. The van der Waals surface area contributed by atoms with Crippen LogP contribution in [0.5, 0.6) is 17.2 Å². The van der Waals surface area contributed by atoms with Crippen LogP contribution in [0.25, 0.3) is 0 Å². The fraction of sp³-hybridized carbons (Fsp3) is 0.250. The van der Waals surface area contributed by atoms with Gasteiger partial charge in [0.05, 0.1) is 34.1 Å². The average Bonchev–Trinajstić information content (AvgIpc) is 2.72. The molecule has 2 rings (SSSR count). The summed E-state index contributed by atoms with van der Waals surface area (Å²) in [5, 5.41) is 6.43. The Balaban J connectivity index is 1.87. The Kier molecular flexibility index (Phi) is 7.38. The van der Waals surface area contributed by atoms with Crippen LogP contribution in [0.15, 0.2) is 41.5 Å². The lowest BCUT2D eigenvalue weighted by Crippen LogP contribution is -2.34. The third-order valence-corrected chi connectivity index (χ3v) is 3.93. The summed E-state index contributed by atoms with van der Waals surface area (Å²) >= 11 is 0. The van der Waals surface area contributed by atoms with Gasteiger partial charge in [-0.05, 0) is 54.4 Å². The van der Waals surface area contributed by atoms with Gasteiger partial charge in [0.1, 0.15) is 5.75 Å². The van der Waals surface area contributed by atoms with E-state index in [0.29, 0.717) is 17.1 Å². The Morgan fingerprint density at radius 3 is 2.39 bits per heavy atom. The number of nitrogens with one attached hydrogen (secondary N) is 2. The maximum absolute atomic E-state index is 12.2. The molecule has 0 aliphatic carbocycles. The molecule has 0 bridgehead atoms. The fourth-order valence-corrected chi connectivity index (χ4v) is 2.37. The predicted molar refractivity (Wildman–Crippen MR) is 105 cm³/mol. The molecular formula is C20H23N3O5. The van der Waals surface area contributed by atoms with Crippen LogP contribution < -0.4 is 25.0 Å². The third-order valence-electron chi connectivity index (χ3n) is 3.93. The lowest BCUT2D eigenvalue weighted by Gasteiger charge is -2.09. The van der Waals surface area contributed by atoms with E-state index in [1.807, 2.05) is 19.1 Å². The van der Waals surface area contributed by atoms with Gasteiger partial charge in [-0.2, -0.15) is 5.10 Å². The van der Waals surface area contributed by atoms with Crippen LogP contribution in [0.2, 0.25) is 0 Å². The number of benzene rings is 2. The zero-order valence-corrected chi connectivity index (χ0v) is 16.2. The van der Waals surface area contributed by atoms with Crippen molar-refractivity contribution in [3.63, 3.8) is 0 Å². The van der Waals surface area contributed by atoms with Gasteiger partial charge in [0.2, 0.25) is 0 Å². The van der Waals surface area contributed by atoms with Crippen LogP contribution in [0, 0.1) is 6.92 Å². The van der Waals surface area contributed by atoms with Gasteiger partial charge in [0.15, 0.2) is 11.5 Å². The van der Waals surface area contributed by atoms with E-state index in [0.717, 1.165) is 16.9 Å². The number of hydrogen-bond acceptors (Lipinski definition) is 6. The molecule has 0 atom stereocenters. The molecule has 0 aromatic heterocycles. The maximum atomic E-state index is 12.2. The first-order chi connectivity index (χ1) is 13.5. The highest BCUT2D eigenvalue weighted by atomic mass is 16.5. The van der Waals surface area contributed by atoms with Crippen molar-refractivity contribution in [2.75, 3.05) is 27.9 Å².